The quantitative estimate of drug-likeness (QED) is 0.551. The lowest BCUT2D eigenvalue weighted by atomic mass is 10.00. The number of hydrogen-bond acceptors (Lipinski definition) is 7. The fourth-order valence-corrected chi connectivity index (χ4v) is 5.04. The van der Waals surface area contributed by atoms with Gasteiger partial charge in [0.25, 0.3) is 5.91 Å². The molecule has 2 unspecified atom stereocenters. The van der Waals surface area contributed by atoms with Crippen molar-refractivity contribution in [3.05, 3.63) is 83.2 Å². The molecule has 2 aliphatic rings. The highest BCUT2D eigenvalue weighted by Gasteiger charge is 2.42. The molecule has 4 heterocycles. The van der Waals surface area contributed by atoms with Crippen LogP contribution in [0.1, 0.15) is 22.3 Å². The monoisotopic (exact) mass is 489 g/mol. The zero-order valence-electron chi connectivity index (χ0n) is 18.7. The summed E-state index contributed by atoms with van der Waals surface area (Å²) in [4.78, 5) is 46.1. The number of thiophene rings is 1. The number of aromatic nitrogens is 1. The molecule has 1 saturated heterocycles. The molecule has 2 aromatic heterocycles. The number of amides is 2. The number of ketones is 1. The fraction of sp³-hybridized carbons (Fsp3) is 0.231. The second-order valence-corrected chi connectivity index (χ2v) is 9.37. The number of hydrogen-bond donors (Lipinski definition) is 2. The van der Waals surface area contributed by atoms with Crippen LogP contribution in [0.15, 0.2) is 72.1 Å². The van der Waals surface area contributed by atoms with E-state index in [4.69, 9.17) is 4.74 Å². The lowest BCUT2D eigenvalue weighted by Gasteiger charge is -2.33. The molecule has 2 atom stereocenters. The number of ether oxygens (including phenoxy) is 1. The van der Waals surface area contributed by atoms with Crippen molar-refractivity contribution in [1.29, 1.82) is 0 Å². The Kier molecular flexibility index (Phi) is 6.33. The van der Waals surface area contributed by atoms with Gasteiger partial charge in [-0.05, 0) is 47.7 Å². The van der Waals surface area contributed by atoms with Crippen LogP contribution in [-0.2, 0) is 20.7 Å². The summed E-state index contributed by atoms with van der Waals surface area (Å²) in [5, 5.41) is 14.4. The van der Waals surface area contributed by atoms with E-state index in [0.717, 1.165) is 16.0 Å². The van der Waals surface area contributed by atoms with Crippen LogP contribution >= 0.6 is 11.3 Å². The van der Waals surface area contributed by atoms with Gasteiger partial charge in [-0.25, -0.2) is 0 Å². The molecular weight excluding hydrogens is 466 g/mol. The first-order valence-electron chi connectivity index (χ1n) is 11.2. The Morgan fingerprint density at radius 3 is 2.83 bits per heavy atom. The van der Waals surface area contributed by atoms with Crippen molar-refractivity contribution in [3.63, 3.8) is 0 Å². The normalized spacial score (nSPS) is 17.8. The molecule has 35 heavy (non-hydrogen) atoms. The van der Waals surface area contributed by atoms with Crippen molar-refractivity contribution in [2.75, 3.05) is 13.2 Å². The molecule has 2 aliphatic heterocycles. The molecule has 0 bridgehead atoms. The summed E-state index contributed by atoms with van der Waals surface area (Å²) in [5.41, 5.74) is 1.90. The topological polar surface area (TPSA) is 109 Å². The molecule has 0 spiro atoms. The predicted octanol–water partition coefficient (Wildman–Crippen LogP) is 2.94. The largest absolute Gasteiger partial charge is 0.508 e. The first-order chi connectivity index (χ1) is 17.0. The van der Waals surface area contributed by atoms with Crippen molar-refractivity contribution < 1.29 is 24.2 Å². The Morgan fingerprint density at radius 1 is 1.23 bits per heavy atom. The highest BCUT2D eigenvalue weighted by Crippen LogP contribution is 2.27. The van der Waals surface area contributed by atoms with E-state index in [-0.39, 0.29) is 30.5 Å². The molecule has 0 radical (unpaired) electrons. The van der Waals surface area contributed by atoms with Crippen LogP contribution in [0.4, 0.5) is 0 Å². The number of benzene rings is 1. The molecule has 8 nitrogen and oxygen atoms in total. The number of aromatic hydroxyl groups is 1. The van der Waals surface area contributed by atoms with Crippen LogP contribution in [0, 0.1) is 0 Å². The minimum Gasteiger partial charge on any atom is -0.508 e. The van der Waals surface area contributed by atoms with E-state index in [0.29, 0.717) is 24.3 Å². The van der Waals surface area contributed by atoms with Gasteiger partial charge in [-0.2, -0.15) is 0 Å². The molecule has 178 valence electrons. The highest BCUT2D eigenvalue weighted by molar-refractivity contribution is 7.13. The second-order valence-electron chi connectivity index (χ2n) is 8.42. The number of nitrogens with zero attached hydrogens (tertiary/aromatic N) is 2. The van der Waals surface area contributed by atoms with Crippen molar-refractivity contribution >= 4 is 28.9 Å². The number of Topliss-reactive ketones (excluding diaryl/α,β-unsaturated/α-hetero) is 1. The van der Waals surface area contributed by atoms with Gasteiger partial charge in [0, 0.05) is 35.8 Å². The zero-order valence-corrected chi connectivity index (χ0v) is 19.5. The molecule has 0 aliphatic carbocycles. The summed E-state index contributed by atoms with van der Waals surface area (Å²) in [5.74, 6) is -0.362. The summed E-state index contributed by atoms with van der Waals surface area (Å²) in [7, 11) is 0. The number of fused-ring (bicyclic) bond motifs is 1. The number of phenols is 1. The Balaban J connectivity index is 1.41. The number of phenolic OH excluding ortho intramolecular Hbond substituents is 1. The van der Waals surface area contributed by atoms with Gasteiger partial charge in [-0.15, -0.1) is 11.3 Å². The molecule has 1 fully saturated rings. The van der Waals surface area contributed by atoms with E-state index in [9.17, 15) is 19.5 Å². The molecule has 2 amide bonds. The standard InChI is InChI=1S/C26H23N3O5S/c30-19-7-5-16(6-8-19)11-20(26(33)29-9-1-3-22-24(29)21(31)15-34-22)28-25(32)18-12-17(13-27-14-18)23-4-2-10-35-23/h2-8,10,12-14,20,24,30H,1,9,11,15H2,(H,28,32). The van der Waals surface area contributed by atoms with Crippen LogP contribution in [-0.4, -0.2) is 57.8 Å². The van der Waals surface area contributed by atoms with E-state index in [1.54, 1.807) is 35.7 Å². The van der Waals surface area contributed by atoms with Gasteiger partial charge in [0.2, 0.25) is 5.91 Å². The summed E-state index contributed by atoms with van der Waals surface area (Å²) in [6, 6.07) is 10.4. The van der Waals surface area contributed by atoms with Crippen LogP contribution in [0.5, 0.6) is 5.75 Å². The highest BCUT2D eigenvalue weighted by atomic mass is 32.1. The van der Waals surface area contributed by atoms with E-state index >= 15 is 0 Å². The van der Waals surface area contributed by atoms with Gasteiger partial charge >= 0.3 is 0 Å². The summed E-state index contributed by atoms with van der Waals surface area (Å²) in [6.07, 6.45) is 5.76. The third-order valence-electron chi connectivity index (χ3n) is 6.05. The lowest BCUT2D eigenvalue weighted by Crippen LogP contribution is -2.55. The molecule has 9 heteroatoms. The lowest BCUT2D eigenvalue weighted by molar-refractivity contribution is -0.139. The van der Waals surface area contributed by atoms with Crippen molar-refractivity contribution in [2.45, 2.75) is 24.9 Å². The van der Waals surface area contributed by atoms with Crippen molar-refractivity contribution in [3.8, 4) is 16.2 Å². The van der Waals surface area contributed by atoms with Crippen molar-refractivity contribution in [2.24, 2.45) is 0 Å². The average molecular weight is 490 g/mol. The minimum atomic E-state index is -0.926. The van der Waals surface area contributed by atoms with Crippen LogP contribution in [0.2, 0.25) is 0 Å². The smallest absolute Gasteiger partial charge is 0.253 e. The number of carbonyl (C=O) groups excluding carboxylic acids is 3. The number of nitrogens with one attached hydrogen (secondary N) is 1. The number of pyridine rings is 1. The Morgan fingerprint density at radius 2 is 2.06 bits per heavy atom. The van der Waals surface area contributed by atoms with Crippen LogP contribution in [0.25, 0.3) is 10.4 Å². The molecule has 2 N–H and O–H groups in total. The maximum Gasteiger partial charge on any atom is 0.253 e. The number of rotatable bonds is 6. The maximum atomic E-state index is 13.7. The maximum absolute atomic E-state index is 13.7. The molecule has 0 saturated carbocycles. The molecule has 1 aromatic carbocycles. The first kappa shape index (κ1) is 22.8. The van der Waals surface area contributed by atoms with Gasteiger partial charge in [0.1, 0.15) is 24.2 Å². The van der Waals surface area contributed by atoms with E-state index in [2.05, 4.69) is 10.3 Å². The predicted molar refractivity (Wildman–Crippen MR) is 130 cm³/mol. The Labute approximate surface area is 205 Å². The van der Waals surface area contributed by atoms with Crippen LogP contribution < -0.4 is 5.32 Å². The van der Waals surface area contributed by atoms with Crippen molar-refractivity contribution in [1.82, 2.24) is 15.2 Å². The summed E-state index contributed by atoms with van der Waals surface area (Å²) in [6.45, 7) is 0.302. The summed E-state index contributed by atoms with van der Waals surface area (Å²) >= 11 is 1.54. The van der Waals surface area contributed by atoms with Crippen LogP contribution in [0.3, 0.4) is 0 Å². The second kappa shape index (κ2) is 9.71. The number of carbonyl (C=O) groups is 3. The van der Waals surface area contributed by atoms with E-state index in [1.165, 1.54) is 23.2 Å². The average Bonchev–Trinajstić information content (AvgIpc) is 3.55. The zero-order chi connectivity index (χ0) is 24.4. The van der Waals surface area contributed by atoms with Gasteiger partial charge in [-0.1, -0.05) is 18.2 Å². The van der Waals surface area contributed by atoms with Gasteiger partial charge in [-0.3, -0.25) is 19.4 Å². The molecule has 3 aromatic rings. The van der Waals surface area contributed by atoms with E-state index < -0.39 is 18.0 Å². The third-order valence-corrected chi connectivity index (χ3v) is 6.97. The Hall–Kier alpha value is -3.98. The Bertz CT molecular complexity index is 1290. The summed E-state index contributed by atoms with van der Waals surface area (Å²) < 4.78 is 5.45. The molecular formula is C26H23N3O5S. The third kappa shape index (κ3) is 4.81. The van der Waals surface area contributed by atoms with Gasteiger partial charge in [0.15, 0.2) is 11.8 Å². The fourth-order valence-electron chi connectivity index (χ4n) is 4.33. The molecule has 5 rings (SSSR count). The van der Waals surface area contributed by atoms with E-state index in [1.807, 2.05) is 23.6 Å². The minimum absolute atomic E-state index is 0.0591. The SMILES string of the molecule is O=C(NC(Cc1ccc(O)cc1)C(=O)N1CCC=C2OCC(=O)C21)c1cncc(-c2cccs2)c1. The van der Waals surface area contributed by atoms with Gasteiger partial charge in [0.05, 0.1) is 5.56 Å². The van der Waals surface area contributed by atoms with Gasteiger partial charge < -0.3 is 20.1 Å². The first-order valence-corrected chi connectivity index (χ1v) is 12.1.